The number of amides is 1. The summed E-state index contributed by atoms with van der Waals surface area (Å²) >= 11 is 0. The van der Waals surface area contributed by atoms with E-state index < -0.39 is 6.10 Å². The van der Waals surface area contributed by atoms with Gasteiger partial charge in [-0.3, -0.25) is 4.79 Å². The van der Waals surface area contributed by atoms with Crippen molar-refractivity contribution in [2.75, 3.05) is 13.1 Å². The number of aryl methyl sites for hydroxylation is 1. The molecule has 0 bridgehead atoms. The largest absolute Gasteiger partial charge is 0.481 e. The number of piperidine rings is 1. The van der Waals surface area contributed by atoms with Crippen LogP contribution in [0.2, 0.25) is 0 Å². The minimum absolute atomic E-state index is 0.114. The number of benzene rings is 1. The second-order valence-corrected chi connectivity index (χ2v) is 5.73. The van der Waals surface area contributed by atoms with Gasteiger partial charge in [0.1, 0.15) is 5.75 Å². The van der Waals surface area contributed by atoms with E-state index in [-0.39, 0.29) is 5.91 Å². The SMILES string of the molecule is CCc1ccccc1O[C@@H](C)C(=O)N1CCC(C)CC1. The average Bonchev–Trinajstić information content (AvgIpc) is 2.48. The number of carbonyl (C=O) groups is 1. The van der Waals surface area contributed by atoms with Crippen molar-refractivity contribution in [2.24, 2.45) is 5.92 Å². The Hall–Kier alpha value is -1.51. The maximum atomic E-state index is 12.4. The van der Waals surface area contributed by atoms with Crippen LogP contribution in [0, 0.1) is 5.92 Å². The van der Waals surface area contributed by atoms with Crippen LogP contribution in [0.5, 0.6) is 5.75 Å². The summed E-state index contributed by atoms with van der Waals surface area (Å²) in [5.41, 5.74) is 1.15. The number of ether oxygens (including phenoxy) is 1. The highest BCUT2D eigenvalue weighted by atomic mass is 16.5. The van der Waals surface area contributed by atoms with Crippen molar-refractivity contribution < 1.29 is 9.53 Å². The van der Waals surface area contributed by atoms with Gasteiger partial charge in [-0.05, 0) is 43.7 Å². The van der Waals surface area contributed by atoms with Gasteiger partial charge in [0.25, 0.3) is 5.91 Å². The van der Waals surface area contributed by atoms with E-state index in [1.54, 1.807) is 0 Å². The smallest absolute Gasteiger partial charge is 0.263 e. The predicted octanol–water partition coefficient (Wildman–Crippen LogP) is 3.27. The third-order valence-electron chi connectivity index (χ3n) is 4.10. The monoisotopic (exact) mass is 275 g/mol. The topological polar surface area (TPSA) is 29.5 Å². The molecule has 0 saturated carbocycles. The Morgan fingerprint density at radius 1 is 1.35 bits per heavy atom. The van der Waals surface area contributed by atoms with Gasteiger partial charge < -0.3 is 9.64 Å². The van der Waals surface area contributed by atoms with Crippen molar-refractivity contribution in [1.82, 2.24) is 4.90 Å². The fourth-order valence-electron chi connectivity index (χ4n) is 2.64. The number of rotatable bonds is 4. The Kier molecular flexibility index (Phi) is 5.05. The van der Waals surface area contributed by atoms with Crippen LogP contribution in [0.3, 0.4) is 0 Å². The first-order valence-electron chi connectivity index (χ1n) is 7.65. The Morgan fingerprint density at radius 2 is 2.00 bits per heavy atom. The molecule has 1 atom stereocenters. The summed E-state index contributed by atoms with van der Waals surface area (Å²) in [5, 5.41) is 0. The molecule has 0 radical (unpaired) electrons. The molecule has 1 aliphatic heterocycles. The normalized spacial score (nSPS) is 17.9. The molecular formula is C17H25NO2. The molecule has 3 nitrogen and oxygen atoms in total. The first-order chi connectivity index (χ1) is 9.61. The summed E-state index contributed by atoms with van der Waals surface area (Å²) in [6.45, 7) is 7.93. The average molecular weight is 275 g/mol. The fourth-order valence-corrected chi connectivity index (χ4v) is 2.64. The molecule has 1 heterocycles. The second kappa shape index (κ2) is 6.78. The van der Waals surface area contributed by atoms with Gasteiger partial charge in [0.05, 0.1) is 0 Å². The van der Waals surface area contributed by atoms with Gasteiger partial charge >= 0.3 is 0 Å². The van der Waals surface area contributed by atoms with E-state index in [4.69, 9.17) is 4.74 Å². The van der Waals surface area contributed by atoms with Gasteiger partial charge in [-0.15, -0.1) is 0 Å². The van der Waals surface area contributed by atoms with Crippen LogP contribution in [0.25, 0.3) is 0 Å². The summed E-state index contributed by atoms with van der Waals surface area (Å²) < 4.78 is 5.89. The van der Waals surface area contributed by atoms with Gasteiger partial charge in [0.2, 0.25) is 0 Å². The number of likely N-dealkylation sites (tertiary alicyclic amines) is 1. The number of carbonyl (C=O) groups excluding carboxylic acids is 1. The van der Waals surface area contributed by atoms with Gasteiger partial charge in [-0.25, -0.2) is 0 Å². The van der Waals surface area contributed by atoms with Crippen molar-refractivity contribution in [1.29, 1.82) is 0 Å². The third-order valence-corrected chi connectivity index (χ3v) is 4.10. The van der Waals surface area contributed by atoms with Gasteiger partial charge in [-0.2, -0.15) is 0 Å². The summed E-state index contributed by atoms with van der Waals surface area (Å²) in [6, 6.07) is 7.95. The van der Waals surface area contributed by atoms with Crippen molar-refractivity contribution in [3.8, 4) is 5.75 Å². The molecular weight excluding hydrogens is 250 g/mol. The van der Waals surface area contributed by atoms with Gasteiger partial charge in [-0.1, -0.05) is 32.0 Å². The molecule has 0 N–H and O–H groups in total. The van der Waals surface area contributed by atoms with E-state index in [0.29, 0.717) is 0 Å². The van der Waals surface area contributed by atoms with Crippen molar-refractivity contribution in [3.05, 3.63) is 29.8 Å². The highest BCUT2D eigenvalue weighted by Gasteiger charge is 2.25. The quantitative estimate of drug-likeness (QED) is 0.844. The number of nitrogens with zero attached hydrogens (tertiary/aromatic N) is 1. The Morgan fingerprint density at radius 3 is 2.65 bits per heavy atom. The van der Waals surface area contributed by atoms with E-state index >= 15 is 0 Å². The van der Waals surface area contributed by atoms with Crippen LogP contribution in [-0.4, -0.2) is 30.0 Å². The predicted molar refractivity (Wildman–Crippen MR) is 80.9 cm³/mol. The zero-order valence-electron chi connectivity index (χ0n) is 12.8. The molecule has 0 unspecified atom stereocenters. The maximum absolute atomic E-state index is 12.4. The molecule has 1 saturated heterocycles. The Labute approximate surface area is 121 Å². The number of para-hydroxylation sites is 1. The minimum atomic E-state index is -0.406. The van der Waals surface area contributed by atoms with E-state index in [9.17, 15) is 4.79 Å². The Balaban J connectivity index is 1.97. The molecule has 1 aromatic carbocycles. The highest BCUT2D eigenvalue weighted by Crippen LogP contribution is 2.21. The Bertz CT molecular complexity index is 450. The second-order valence-electron chi connectivity index (χ2n) is 5.73. The van der Waals surface area contributed by atoms with Crippen LogP contribution < -0.4 is 4.74 Å². The number of hydrogen-bond acceptors (Lipinski definition) is 2. The molecule has 1 amide bonds. The fraction of sp³-hybridized carbons (Fsp3) is 0.588. The lowest BCUT2D eigenvalue weighted by Crippen LogP contribution is -2.44. The molecule has 3 heteroatoms. The molecule has 1 fully saturated rings. The lowest BCUT2D eigenvalue weighted by Gasteiger charge is -2.32. The summed E-state index contributed by atoms with van der Waals surface area (Å²) in [4.78, 5) is 14.4. The van der Waals surface area contributed by atoms with Crippen LogP contribution in [0.4, 0.5) is 0 Å². The molecule has 1 aliphatic rings. The van der Waals surface area contributed by atoms with Crippen molar-refractivity contribution in [3.63, 3.8) is 0 Å². The molecule has 0 aliphatic carbocycles. The van der Waals surface area contributed by atoms with Crippen LogP contribution >= 0.6 is 0 Å². The molecule has 20 heavy (non-hydrogen) atoms. The minimum Gasteiger partial charge on any atom is -0.481 e. The first kappa shape index (κ1) is 14.9. The first-order valence-corrected chi connectivity index (χ1v) is 7.65. The molecule has 0 aromatic heterocycles. The lowest BCUT2D eigenvalue weighted by molar-refractivity contribution is -0.139. The highest BCUT2D eigenvalue weighted by molar-refractivity contribution is 5.81. The van der Waals surface area contributed by atoms with E-state index in [1.165, 1.54) is 0 Å². The van der Waals surface area contributed by atoms with Crippen molar-refractivity contribution in [2.45, 2.75) is 46.1 Å². The van der Waals surface area contributed by atoms with Crippen LogP contribution in [0.15, 0.2) is 24.3 Å². The number of hydrogen-bond donors (Lipinski definition) is 0. The van der Waals surface area contributed by atoms with E-state index in [2.05, 4.69) is 19.9 Å². The third kappa shape index (κ3) is 3.53. The summed E-state index contributed by atoms with van der Waals surface area (Å²) in [7, 11) is 0. The van der Waals surface area contributed by atoms with E-state index in [0.717, 1.165) is 49.6 Å². The van der Waals surface area contributed by atoms with Crippen LogP contribution in [0.1, 0.15) is 39.2 Å². The summed E-state index contributed by atoms with van der Waals surface area (Å²) in [6.07, 6.45) is 2.71. The van der Waals surface area contributed by atoms with E-state index in [1.807, 2.05) is 30.0 Å². The maximum Gasteiger partial charge on any atom is 0.263 e. The van der Waals surface area contributed by atoms with Gasteiger partial charge in [0, 0.05) is 13.1 Å². The molecule has 0 spiro atoms. The van der Waals surface area contributed by atoms with Crippen LogP contribution in [-0.2, 0) is 11.2 Å². The summed E-state index contributed by atoms with van der Waals surface area (Å²) in [5.74, 6) is 1.68. The lowest BCUT2D eigenvalue weighted by atomic mass is 9.99. The molecule has 1 aromatic rings. The van der Waals surface area contributed by atoms with Gasteiger partial charge in [0.15, 0.2) is 6.10 Å². The standard InChI is InChI=1S/C17H25NO2/c1-4-15-7-5-6-8-16(15)20-14(3)17(19)18-11-9-13(2)10-12-18/h5-8,13-14H,4,9-12H2,1-3H3/t14-/m0/s1. The zero-order valence-corrected chi connectivity index (χ0v) is 12.8. The molecule has 2 rings (SSSR count). The zero-order chi connectivity index (χ0) is 14.5. The van der Waals surface area contributed by atoms with Crippen molar-refractivity contribution >= 4 is 5.91 Å². The molecule has 110 valence electrons.